The second-order valence-corrected chi connectivity index (χ2v) is 5.78. The van der Waals surface area contributed by atoms with Crippen LogP contribution in [0.2, 0.25) is 0 Å². The van der Waals surface area contributed by atoms with E-state index in [2.05, 4.69) is 9.97 Å². The molecule has 0 spiro atoms. The standard InChI is InChI=1S/C20H17N3O4/c1-27-15-8-4-13(5-9-15)11-17-20(26)22-16(19(25)23-17)10-12-2-6-14(7-3-12)18(21)24/h2-11H,1H3,(H2,21,24)(H,22,26)(H,23,25)/b16-10-,17-11-. The van der Waals surface area contributed by atoms with E-state index in [9.17, 15) is 14.4 Å². The van der Waals surface area contributed by atoms with Crippen LogP contribution in [0.5, 0.6) is 5.75 Å². The van der Waals surface area contributed by atoms with Gasteiger partial charge in [0.15, 0.2) is 0 Å². The van der Waals surface area contributed by atoms with Crippen LogP contribution in [0.3, 0.4) is 0 Å². The summed E-state index contributed by atoms with van der Waals surface area (Å²) in [6.45, 7) is 0. The van der Waals surface area contributed by atoms with Crippen molar-refractivity contribution in [3.05, 3.63) is 96.6 Å². The van der Waals surface area contributed by atoms with Crippen LogP contribution >= 0.6 is 0 Å². The third-order valence-electron chi connectivity index (χ3n) is 3.92. The summed E-state index contributed by atoms with van der Waals surface area (Å²) in [5.74, 6) is 0.160. The maximum atomic E-state index is 12.3. The number of primary amides is 1. The Morgan fingerprint density at radius 2 is 1.30 bits per heavy atom. The SMILES string of the molecule is COc1ccc(/C=c2\[nH]c(=O)/c(=C/c3ccc(C(N)=O)cc3)[nH]c2=O)cc1. The van der Waals surface area contributed by atoms with Gasteiger partial charge in [0.05, 0.1) is 7.11 Å². The van der Waals surface area contributed by atoms with Crippen LogP contribution < -0.4 is 32.3 Å². The molecule has 27 heavy (non-hydrogen) atoms. The van der Waals surface area contributed by atoms with Crippen molar-refractivity contribution in [1.29, 1.82) is 0 Å². The molecule has 3 aromatic rings. The molecule has 1 amide bonds. The van der Waals surface area contributed by atoms with Crippen molar-refractivity contribution < 1.29 is 9.53 Å². The van der Waals surface area contributed by atoms with Gasteiger partial charge in [-0.05, 0) is 47.5 Å². The largest absolute Gasteiger partial charge is 0.497 e. The second-order valence-electron chi connectivity index (χ2n) is 5.78. The Morgan fingerprint density at radius 3 is 1.70 bits per heavy atom. The maximum Gasteiger partial charge on any atom is 0.272 e. The van der Waals surface area contributed by atoms with Crippen LogP contribution in [0.1, 0.15) is 21.5 Å². The average Bonchev–Trinajstić information content (AvgIpc) is 2.67. The van der Waals surface area contributed by atoms with Gasteiger partial charge in [0.2, 0.25) is 5.91 Å². The number of amides is 1. The number of H-pyrrole nitrogens is 2. The number of nitrogens with two attached hydrogens (primary N) is 1. The number of benzene rings is 2. The number of methoxy groups -OCH3 is 1. The van der Waals surface area contributed by atoms with Gasteiger partial charge in [0.1, 0.15) is 16.4 Å². The van der Waals surface area contributed by atoms with Crippen LogP contribution in [0.25, 0.3) is 12.2 Å². The summed E-state index contributed by atoms with van der Waals surface area (Å²) in [6.07, 6.45) is 3.09. The van der Waals surface area contributed by atoms with Crippen molar-refractivity contribution in [3.63, 3.8) is 0 Å². The first-order valence-corrected chi connectivity index (χ1v) is 8.06. The summed E-state index contributed by atoms with van der Waals surface area (Å²) in [5.41, 5.74) is 6.08. The van der Waals surface area contributed by atoms with Crippen molar-refractivity contribution in [2.24, 2.45) is 5.73 Å². The Labute approximate surface area is 153 Å². The molecule has 0 aliphatic rings. The fourth-order valence-electron chi connectivity index (χ4n) is 2.47. The smallest absolute Gasteiger partial charge is 0.272 e. The normalized spacial score (nSPS) is 12.2. The van der Waals surface area contributed by atoms with Gasteiger partial charge in [-0.1, -0.05) is 24.3 Å². The number of aromatic nitrogens is 2. The van der Waals surface area contributed by atoms with E-state index in [4.69, 9.17) is 10.5 Å². The number of ether oxygens (including phenoxy) is 1. The molecule has 0 aliphatic carbocycles. The monoisotopic (exact) mass is 363 g/mol. The molecule has 7 heteroatoms. The molecule has 0 unspecified atom stereocenters. The summed E-state index contributed by atoms with van der Waals surface area (Å²) >= 11 is 0. The summed E-state index contributed by atoms with van der Waals surface area (Å²) < 4.78 is 5.09. The molecule has 0 atom stereocenters. The lowest BCUT2D eigenvalue weighted by Crippen LogP contribution is -2.46. The van der Waals surface area contributed by atoms with Crippen molar-refractivity contribution >= 4 is 18.1 Å². The van der Waals surface area contributed by atoms with Gasteiger partial charge in [0, 0.05) is 5.56 Å². The lowest BCUT2D eigenvalue weighted by molar-refractivity contribution is 0.100. The fraction of sp³-hybridized carbons (Fsp3) is 0.0500. The molecule has 0 saturated carbocycles. The molecule has 0 saturated heterocycles. The maximum absolute atomic E-state index is 12.3. The van der Waals surface area contributed by atoms with E-state index in [1.807, 2.05) is 0 Å². The van der Waals surface area contributed by atoms with Gasteiger partial charge in [-0.15, -0.1) is 0 Å². The predicted molar refractivity (Wildman–Crippen MR) is 102 cm³/mol. The molecule has 1 aromatic heterocycles. The van der Waals surface area contributed by atoms with E-state index >= 15 is 0 Å². The van der Waals surface area contributed by atoms with Crippen LogP contribution in [0, 0.1) is 0 Å². The molecule has 7 nitrogen and oxygen atoms in total. The highest BCUT2D eigenvalue weighted by atomic mass is 16.5. The minimum Gasteiger partial charge on any atom is -0.497 e. The highest BCUT2D eigenvalue weighted by Crippen LogP contribution is 2.11. The van der Waals surface area contributed by atoms with Crippen molar-refractivity contribution in [2.75, 3.05) is 7.11 Å². The molecular formula is C20H17N3O4. The van der Waals surface area contributed by atoms with E-state index < -0.39 is 17.0 Å². The van der Waals surface area contributed by atoms with Crippen LogP contribution in [0.4, 0.5) is 0 Å². The van der Waals surface area contributed by atoms with Crippen molar-refractivity contribution in [3.8, 4) is 5.75 Å². The molecule has 0 aliphatic heterocycles. The Kier molecular flexibility index (Phi) is 5.03. The third kappa shape index (κ3) is 4.21. The molecule has 3 rings (SSSR count). The zero-order valence-electron chi connectivity index (χ0n) is 14.5. The second kappa shape index (κ2) is 7.57. The first-order chi connectivity index (χ1) is 13.0. The van der Waals surface area contributed by atoms with Gasteiger partial charge in [-0.25, -0.2) is 0 Å². The number of aromatic amines is 2. The molecule has 0 bridgehead atoms. The molecule has 4 N–H and O–H groups in total. The quantitative estimate of drug-likeness (QED) is 0.596. The summed E-state index contributed by atoms with van der Waals surface area (Å²) in [6, 6.07) is 13.4. The first-order valence-electron chi connectivity index (χ1n) is 8.06. The van der Waals surface area contributed by atoms with Crippen molar-refractivity contribution in [1.82, 2.24) is 9.97 Å². The number of hydrogen-bond acceptors (Lipinski definition) is 4. The minimum absolute atomic E-state index is 0.110. The molecule has 1 heterocycles. The van der Waals surface area contributed by atoms with Crippen LogP contribution in [0.15, 0.2) is 58.1 Å². The number of carbonyl (C=O) groups excluding carboxylic acids is 1. The van der Waals surface area contributed by atoms with Gasteiger partial charge >= 0.3 is 0 Å². The van der Waals surface area contributed by atoms with Crippen molar-refractivity contribution in [2.45, 2.75) is 0 Å². The molecule has 0 fully saturated rings. The molecule has 0 radical (unpaired) electrons. The van der Waals surface area contributed by atoms with E-state index in [0.717, 1.165) is 5.56 Å². The van der Waals surface area contributed by atoms with Gasteiger partial charge in [-0.2, -0.15) is 0 Å². The van der Waals surface area contributed by atoms with E-state index in [1.54, 1.807) is 61.7 Å². The first kappa shape index (κ1) is 17.9. The summed E-state index contributed by atoms with van der Waals surface area (Å²) in [7, 11) is 1.57. The topological polar surface area (TPSA) is 118 Å². The Morgan fingerprint density at radius 1 is 0.852 bits per heavy atom. The minimum atomic E-state index is -0.536. The Bertz CT molecular complexity index is 1200. The number of carbonyl (C=O) groups is 1. The molecule has 2 aromatic carbocycles. The zero-order valence-corrected chi connectivity index (χ0v) is 14.5. The highest BCUT2D eigenvalue weighted by molar-refractivity contribution is 5.92. The van der Waals surface area contributed by atoms with Gasteiger partial charge in [0.25, 0.3) is 11.1 Å². The third-order valence-corrected chi connectivity index (χ3v) is 3.92. The van der Waals surface area contributed by atoms with Crippen LogP contribution in [-0.2, 0) is 0 Å². The Balaban J connectivity index is 2.01. The van der Waals surface area contributed by atoms with Crippen LogP contribution in [-0.4, -0.2) is 23.0 Å². The lowest BCUT2D eigenvalue weighted by atomic mass is 10.1. The Hall–Kier alpha value is -3.87. The number of nitrogens with one attached hydrogen (secondary N) is 2. The number of rotatable bonds is 4. The predicted octanol–water partition coefficient (Wildman–Crippen LogP) is -0.172. The van der Waals surface area contributed by atoms with E-state index in [0.29, 0.717) is 16.9 Å². The lowest BCUT2D eigenvalue weighted by Gasteiger charge is -1.99. The summed E-state index contributed by atoms with van der Waals surface area (Å²) in [5, 5.41) is 0.255. The van der Waals surface area contributed by atoms with Gasteiger partial charge < -0.3 is 20.4 Å². The van der Waals surface area contributed by atoms with E-state index in [-0.39, 0.29) is 10.7 Å². The highest BCUT2D eigenvalue weighted by Gasteiger charge is 2.00. The van der Waals surface area contributed by atoms with Gasteiger partial charge in [-0.3, -0.25) is 14.4 Å². The zero-order chi connectivity index (χ0) is 19.4. The number of hydrogen-bond donors (Lipinski definition) is 3. The molecule has 136 valence electrons. The van der Waals surface area contributed by atoms with E-state index in [1.165, 1.54) is 6.08 Å². The summed E-state index contributed by atoms with van der Waals surface area (Å²) in [4.78, 5) is 40.8. The average molecular weight is 363 g/mol. The fourth-order valence-corrected chi connectivity index (χ4v) is 2.47. The molecular weight excluding hydrogens is 346 g/mol.